The zero-order valence-electron chi connectivity index (χ0n) is 16.7. The maximum atomic E-state index is 13.9. The molecule has 5 heteroatoms. The highest BCUT2D eigenvalue weighted by Crippen LogP contribution is 2.70. The second-order valence-corrected chi connectivity index (χ2v) is 9.09. The Morgan fingerprint density at radius 1 is 1.41 bits per heavy atom. The molecule has 4 rings (SSSR count). The average Bonchev–Trinajstić information content (AvgIpc) is 3.14. The fourth-order valence-electron chi connectivity index (χ4n) is 6.23. The number of fused-ring (bicyclic) bond motifs is 1. The van der Waals surface area contributed by atoms with Crippen LogP contribution in [0.3, 0.4) is 0 Å². The van der Waals surface area contributed by atoms with Crippen LogP contribution < -0.4 is 10.1 Å². The highest BCUT2D eigenvalue weighted by atomic mass is 19.1. The zero-order chi connectivity index (χ0) is 19.4. The number of ether oxygens (including phenoxy) is 2. The Balaban J connectivity index is 1.70. The van der Waals surface area contributed by atoms with Crippen molar-refractivity contribution in [3.8, 4) is 5.75 Å². The molecule has 3 fully saturated rings. The molecule has 1 saturated heterocycles. The van der Waals surface area contributed by atoms with E-state index in [1.807, 2.05) is 13.0 Å². The normalized spacial score (nSPS) is 36.3. The topological polar surface area (TPSA) is 47.6 Å². The third kappa shape index (κ3) is 2.69. The van der Waals surface area contributed by atoms with Crippen molar-refractivity contribution < 1.29 is 18.7 Å². The van der Waals surface area contributed by atoms with Crippen molar-refractivity contribution in [2.24, 2.45) is 22.7 Å². The number of methoxy groups -OCH3 is 1. The van der Waals surface area contributed by atoms with Gasteiger partial charge in [0.25, 0.3) is 0 Å². The molecule has 1 heterocycles. The molecule has 0 aromatic heterocycles. The lowest BCUT2D eigenvalue weighted by Gasteiger charge is -2.53. The van der Waals surface area contributed by atoms with Crippen LogP contribution in [-0.2, 0) is 9.53 Å². The summed E-state index contributed by atoms with van der Waals surface area (Å²) in [5, 5.41) is 3.36. The molecule has 2 bridgehead atoms. The molecule has 1 N–H and O–H groups in total. The van der Waals surface area contributed by atoms with Gasteiger partial charge in [-0.05, 0) is 59.6 Å². The van der Waals surface area contributed by atoms with Crippen molar-refractivity contribution in [1.82, 2.24) is 5.32 Å². The molecule has 5 atom stereocenters. The first kappa shape index (κ1) is 18.7. The minimum absolute atomic E-state index is 0.0591. The number of hydrogen-bond acceptors (Lipinski definition) is 3. The first-order valence-corrected chi connectivity index (χ1v) is 10.1. The molecule has 1 aromatic carbocycles. The number of amides is 1. The monoisotopic (exact) mass is 375 g/mol. The maximum absolute atomic E-state index is 13.9. The molecular weight excluding hydrogens is 345 g/mol. The van der Waals surface area contributed by atoms with Crippen molar-refractivity contribution in [3.05, 3.63) is 29.6 Å². The summed E-state index contributed by atoms with van der Waals surface area (Å²) >= 11 is 0. The number of halogens is 1. The van der Waals surface area contributed by atoms with Crippen LogP contribution in [0.5, 0.6) is 5.75 Å². The first-order chi connectivity index (χ1) is 12.8. The van der Waals surface area contributed by atoms with Crippen LogP contribution in [0.25, 0.3) is 0 Å². The fourth-order valence-corrected chi connectivity index (χ4v) is 6.23. The van der Waals surface area contributed by atoms with Gasteiger partial charge in [-0.15, -0.1) is 0 Å². The number of nitrogens with one attached hydrogen (secondary N) is 1. The lowest BCUT2D eigenvalue weighted by Crippen LogP contribution is -2.58. The predicted molar refractivity (Wildman–Crippen MR) is 101 cm³/mol. The molecule has 2 saturated carbocycles. The van der Waals surface area contributed by atoms with Crippen LogP contribution in [0.1, 0.15) is 58.1 Å². The van der Waals surface area contributed by atoms with Gasteiger partial charge < -0.3 is 14.8 Å². The van der Waals surface area contributed by atoms with E-state index in [1.165, 1.54) is 13.2 Å². The number of benzene rings is 1. The van der Waals surface area contributed by atoms with Gasteiger partial charge in [-0.2, -0.15) is 0 Å². The number of carbonyl (C=O) groups excluding carboxylic acids is 1. The summed E-state index contributed by atoms with van der Waals surface area (Å²) in [6.07, 6.45) is 3.64. The third-order valence-corrected chi connectivity index (χ3v) is 7.63. The Morgan fingerprint density at radius 2 is 2.19 bits per heavy atom. The van der Waals surface area contributed by atoms with E-state index in [0.717, 1.165) is 24.8 Å². The summed E-state index contributed by atoms with van der Waals surface area (Å²) < 4.78 is 25.3. The molecule has 1 unspecified atom stereocenters. The molecule has 0 radical (unpaired) electrons. The van der Waals surface area contributed by atoms with E-state index < -0.39 is 0 Å². The summed E-state index contributed by atoms with van der Waals surface area (Å²) in [6.45, 7) is 7.17. The summed E-state index contributed by atoms with van der Waals surface area (Å²) in [7, 11) is 1.49. The van der Waals surface area contributed by atoms with E-state index in [-0.39, 0.29) is 40.4 Å². The molecular formula is C22H30FNO3. The Labute approximate surface area is 160 Å². The lowest BCUT2D eigenvalue weighted by atomic mass is 9.59. The van der Waals surface area contributed by atoms with Crippen molar-refractivity contribution in [2.75, 3.05) is 13.7 Å². The summed E-state index contributed by atoms with van der Waals surface area (Å²) in [5.74, 6) is 0.932. The van der Waals surface area contributed by atoms with Gasteiger partial charge in [0.2, 0.25) is 5.91 Å². The summed E-state index contributed by atoms with van der Waals surface area (Å²) in [4.78, 5) is 12.3. The van der Waals surface area contributed by atoms with Gasteiger partial charge in [0, 0.05) is 19.1 Å². The van der Waals surface area contributed by atoms with Gasteiger partial charge in [0.15, 0.2) is 11.6 Å². The molecule has 1 aliphatic heterocycles. The van der Waals surface area contributed by atoms with Crippen LogP contribution in [-0.4, -0.2) is 25.7 Å². The third-order valence-electron chi connectivity index (χ3n) is 7.63. The molecule has 27 heavy (non-hydrogen) atoms. The van der Waals surface area contributed by atoms with E-state index in [4.69, 9.17) is 9.47 Å². The maximum Gasteiger partial charge on any atom is 0.219 e. The molecule has 1 spiro atoms. The second-order valence-electron chi connectivity index (χ2n) is 9.09. The summed E-state index contributed by atoms with van der Waals surface area (Å²) in [6, 6.07) is 5.22. The first-order valence-electron chi connectivity index (χ1n) is 10.1. The molecule has 1 aromatic rings. The van der Waals surface area contributed by atoms with E-state index in [0.29, 0.717) is 24.9 Å². The minimum Gasteiger partial charge on any atom is -0.494 e. The Bertz CT molecular complexity index is 749. The molecule has 3 aliphatic rings. The van der Waals surface area contributed by atoms with E-state index in [1.54, 1.807) is 6.07 Å². The van der Waals surface area contributed by atoms with Gasteiger partial charge >= 0.3 is 0 Å². The fraction of sp³-hybridized carbons (Fsp3) is 0.682. The quantitative estimate of drug-likeness (QED) is 0.856. The van der Waals surface area contributed by atoms with Gasteiger partial charge in [-0.25, -0.2) is 4.39 Å². The van der Waals surface area contributed by atoms with E-state index >= 15 is 0 Å². The van der Waals surface area contributed by atoms with Crippen molar-refractivity contribution >= 4 is 5.91 Å². The van der Waals surface area contributed by atoms with Gasteiger partial charge in [0.1, 0.15) is 0 Å². The highest BCUT2D eigenvalue weighted by molar-refractivity contribution is 5.76. The highest BCUT2D eigenvalue weighted by Gasteiger charge is 2.68. The Morgan fingerprint density at radius 3 is 2.89 bits per heavy atom. The van der Waals surface area contributed by atoms with E-state index in [2.05, 4.69) is 19.2 Å². The van der Waals surface area contributed by atoms with Gasteiger partial charge in [-0.1, -0.05) is 26.8 Å². The SMILES string of the molecule is CCC(=O)N[C@H]1C(C)(C)[C@@H]2C[C@@H]3[C@@H](c4ccc(F)c(OC)c4)OCCC31C2. The Kier molecular flexibility index (Phi) is 4.49. The van der Waals surface area contributed by atoms with Gasteiger partial charge in [0.05, 0.1) is 13.2 Å². The van der Waals surface area contributed by atoms with Crippen molar-refractivity contribution in [3.63, 3.8) is 0 Å². The zero-order valence-corrected chi connectivity index (χ0v) is 16.7. The van der Waals surface area contributed by atoms with Gasteiger partial charge in [-0.3, -0.25) is 4.79 Å². The number of rotatable bonds is 4. The summed E-state index contributed by atoms with van der Waals surface area (Å²) in [5.41, 5.74) is 1.12. The van der Waals surface area contributed by atoms with Crippen LogP contribution >= 0.6 is 0 Å². The predicted octanol–water partition coefficient (Wildman–Crippen LogP) is 4.24. The molecule has 148 valence electrons. The lowest BCUT2D eigenvalue weighted by molar-refractivity contribution is -0.137. The van der Waals surface area contributed by atoms with Crippen molar-refractivity contribution in [2.45, 2.75) is 58.6 Å². The van der Waals surface area contributed by atoms with Crippen LogP contribution in [0.4, 0.5) is 4.39 Å². The second kappa shape index (κ2) is 6.47. The van der Waals surface area contributed by atoms with Crippen LogP contribution in [0, 0.1) is 28.5 Å². The Hall–Kier alpha value is -1.62. The number of hydrogen-bond donors (Lipinski definition) is 1. The largest absolute Gasteiger partial charge is 0.494 e. The standard InChI is InChI=1S/C22H30FNO3/c1-5-18(25)24-20-21(2,3)14-11-15-19(27-9-8-22(15,20)12-14)13-6-7-16(23)17(10-13)26-4/h6-7,10,14-15,19-20H,5,8-9,11-12H2,1-4H3,(H,24,25)/t14-,15-,19-,20+,22?/m1/s1. The minimum atomic E-state index is -0.353. The molecule has 2 aliphatic carbocycles. The number of carbonyl (C=O) groups is 1. The smallest absolute Gasteiger partial charge is 0.219 e. The van der Waals surface area contributed by atoms with E-state index in [9.17, 15) is 9.18 Å². The average molecular weight is 375 g/mol. The van der Waals surface area contributed by atoms with Crippen molar-refractivity contribution in [1.29, 1.82) is 0 Å². The van der Waals surface area contributed by atoms with Crippen LogP contribution in [0.15, 0.2) is 18.2 Å². The molecule has 4 nitrogen and oxygen atoms in total. The molecule has 1 amide bonds. The van der Waals surface area contributed by atoms with Crippen LogP contribution in [0.2, 0.25) is 0 Å².